The van der Waals surface area contributed by atoms with E-state index in [9.17, 15) is 57.9 Å². The number of nitrogens with zero attached hydrogens (tertiary/aromatic N) is 4. The number of rotatable bonds is 19. The molecule has 51 heavy (non-hydrogen) atoms. The average Bonchev–Trinajstić information content (AvgIpc) is 3.57. The smallest absolute Gasteiger partial charge is 0.386 e. The molecule has 2 aromatic rings. The molecule has 1 fully saturated rings. The van der Waals surface area contributed by atoms with Gasteiger partial charge in [0, 0.05) is 37.6 Å². The van der Waals surface area contributed by atoms with Gasteiger partial charge >= 0.3 is 23.5 Å². The Balaban J connectivity index is 1.55. The molecular weight excluding hydrogens is 771 g/mol. The van der Waals surface area contributed by atoms with Gasteiger partial charge in [0.1, 0.15) is 36.3 Å². The Bertz CT molecular complexity index is 1710. The number of hydrogen-bond donors (Lipinski definition) is 9. The van der Waals surface area contributed by atoms with Crippen molar-refractivity contribution in [3.63, 3.8) is 0 Å². The third kappa shape index (κ3) is 12.9. The molecule has 0 radical (unpaired) electrons. The second kappa shape index (κ2) is 17.6. The number of nitrogen functional groups attached to an aromatic ring is 1. The van der Waals surface area contributed by atoms with E-state index in [-0.39, 0.29) is 41.6 Å². The normalized spacial score (nSPS) is 22.6. The first kappa shape index (κ1) is 43.0. The molecule has 24 nitrogen and oxygen atoms in total. The third-order valence-electron chi connectivity index (χ3n) is 6.81. The SMILES string of the molecule is CC(=O)SCCNC(=O)CCNC(=O)[C@@H](O)C(C)(C)COP(=O)(O)OP(=O)(O)OC[C@@H]1O[C@@H](n2cnc3c(N)ncnc32)[C@H](O)[C@@H]1OP(=O)(O)O. The van der Waals surface area contributed by atoms with Crippen LogP contribution in [-0.2, 0) is 50.7 Å². The molecule has 0 saturated carbocycles. The quantitative estimate of drug-likeness (QED) is 0.0587. The van der Waals surface area contributed by atoms with Crippen LogP contribution in [0, 0.1) is 5.41 Å². The highest BCUT2D eigenvalue weighted by Gasteiger charge is 2.50. The second-order valence-corrected chi connectivity index (χ2v) is 16.9. The van der Waals surface area contributed by atoms with Crippen LogP contribution in [0.5, 0.6) is 0 Å². The lowest BCUT2D eigenvalue weighted by Crippen LogP contribution is -2.46. The predicted octanol–water partition coefficient (Wildman–Crippen LogP) is -1.32. The third-order valence-corrected chi connectivity index (χ3v) is 10.7. The van der Waals surface area contributed by atoms with Crippen LogP contribution in [0.4, 0.5) is 5.82 Å². The minimum Gasteiger partial charge on any atom is -0.386 e. The molecule has 10 N–H and O–H groups in total. The van der Waals surface area contributed by atoms with Gasteiger partial charge in [0.15, 0.2) is 22.8 Å². The highest BCUT2D eigenvalue weighted by atomic mass is 32.2. The second-order valence-electron chi connectivity index (χ2n) is 11.4. The van der Waals surface area contributed by atoms with Crippen molar-refractivity contribution >= 4 is 69.1 Å². The molecule has 1 aliphatic rings. The number of fused-ring (bicyclic) bond motifs is 1. The molecule has 3 rings (SSSR count). The number of aromatic nitrogens is 4. The monoisotopic (exact) mass is 809 g/mol. The summed E-state index contributed by atoms with van der Waals surface area (Å²) < 4.78 is 61.8. The summed E-state index contributed by atoms with van der Waals surface area (Å²) in [6.45, 7) is 1.90. The van der Waals surface area contributed by atoms with Crippen molar-refractivity contribution in [2.24, 2.45) is 5.41 Å². The Hall–Kier alpha value is -2.44. The van der Waals surface area contributed by atoms with E-state index in [1.807, 2.05) is 0 Å². The van der Waals surface area contributed by atoms with Gasteiger partial charge in [0.05, 0.1) is 19.5 Å². The van der Waals surface area contributed by atoms with Gasteiger partial charge in [-0.1, -0.05) is 25.6 Å². The summed E-state index contributed by atoms with van der Waals surface area (Å²) in [5, 5.41) is 26.1. The molecule has 2 amide bonds. The molecule has 3 heterocycles. The largest absolute Gasteiger partial charge is 0.481 e. The molecule has 288 valence electrons. The van der Waals surface area contributed by atoms with Crippen LogP contribution in [0.25, 0.3) is 11.2 Å². The van der Waals surface area contributed by atoms with Crippen LogP contribution < -0.4 is 16.4 Å². The van der Waals surface area contributed by atoms with Crippen LogP contribution >= 0.6 is 35.2 Å². The number of phosphoric acid groups is 3. The van der Waals surface area contributed by atoms with Crippen LogP contribution in [0.2, 0.25) is 0 Å². The number of anilines is 1. The fraction of sp³-hybridized carbons (Fsp3) is 0.652. The zero-order chi connectivity index (χ0) is 38.4. The van der Waals surface area contributed by atoms with Gasteiger partial charge in [-0.05, 0) is 0 Å². The summed E-state index contributed by atoms with van der Waals surface area (Å²) in [6.07, 6.45) is -6.88. The number of nitrogens with one attached hydrogen (secondary N) is 2. The van der Waals surface area contributed by atoms with E-state index in [1.165, 1.54) is 20.8 Å². The minimum absolute atomic E-state index is 0.0310. The van der Waals surface area contributed by atoms with Gasteiger partial charge in [-0.25, -0.2) is 28.6 Å². The highest BCUT2D eigenvalue weighted by Crippen LogP contribution is 2.61. The number of nitrogens with two attached hydrogens (primary N) is 1. The standard InChI is InChI=1S/C23H38N7O17P3S/c1-12(31)51-7-6-25-14(32)4-5-26-21(35)18(34)23(2,3)9-44-50(41,42)47-49(39,40)43-8-13-17(46-48(36,37)38)16(33)22(45-13)30-11-29-15-19(24)27-10-28-20(15)30/h10-11,13,16-18,22,33-34H,4-9H2,1-3H3,(H,25,32)(H,26,35)(H,39,40)(H,41,42)(H2,24,27,28)(H2,36,37,38)/t13-,16+,17+,18+,22+/m0/s1. The summed E-state index contributed by atoms with van der Waals surface area (Å²) in [7, 11) is -16.4. The van der Waals surface area contributed by atoms with Crippen molar-refractivity contribution in [2.75, 3.05) is 37.8 Å². The summed E-state index contributed by atoms with van der Waals surface area (Å²) >= 11 is 1.03. The average molecular weight is 810 g/mol. The summed E-state index contributed by atoms with van der Waals surface area (Å²) in [6, 6.07) is 0. The van der Waals surface area contributed by atoms with Crippen LogP contribution in [0.3, 0.4) is 0 Å². The molecule has 1 aliphatic heterocycles. The molecule has 2 unspecified atom stereocenters. The highest BCUT2D eigenvalue weighted by molar-refractivity contribution is 8.13. The van der Waals surface area contributed by atoms with Crippen molar-refractivity contribution in [3.8, 4) is 0 Å². The number of hydrogen-bond acceptors (Lipinski definition) is 18. The number of carbonyl (C=O) groups excluding carboxylic acids is 3. The molecule has 0 bridgehead atoms. The van der Waals surface area contributed by atoms with Crippen molar-refractivity contribution in [2.45, 2.75) is 57.8 Å². The fourth-order valence-corrected chi connectivity index (χ4v) is 7.65. The van der Waals surface area contributed by atoms with Gasteiger partial charge in [-0.2, -0.15) is 4.31 Å². The summed E-state index contributed by atoms with van der Waals surface area (Å²) in [4.78, 5) is 85.9. The first-order valence-electron chi connectivity index (χ1n) is 14.5. The van der Waals surface area contributed by atoms with Gasteiger partial charge in [-0.3, -0.25) is 32.5 Å². The van der Waals surface area contributed by atoms with Gasteiger partial charge < -0.3 is 50.9 Å². The number of imidazole rings is 1. The van der Waals surface area contributed by atoms with Crippen molar-refractivity contribution in [1.29, 1.82) is 0 Å². The maximum absolute atomic E-state index is 12.6. The Morgan fingerprint density at radius 1 is 1.08 bits per heavy atom. The Morgan fingerprint density at radius 2 is 1.75 bits per heavy atom. The summed E-state index contributed by atoms with van der Waals surface area (Å²) in [5.41, 5.74) is 4.26. The number of amides is 2. The maximum Gasteiger partial charge on any atom is 0.481 e. The predicted molar refractivity (Wildman–Crippen MR) is 173 cm³/mol. The van der Waals surface area contributed by atoms with Crippen LogP contribution in [0.1, 0.15) is 33.4 Å². The van der Waals surface area contributed by atoms with E-state index < -0.39 is 84.6 Å². The van der Waals surface area contributed by atoms with Crippen LogP contribution in [-0.4, -0.2) is 123 Å². The van der Waals surface area contributed by atoms with Crippen molar-refractivity contribution < 1.29 is 80.5 Å². The lowest BCUT2D eigenvalue weighted by atomic mass is 9.87. The van der Waals surface area contributed by atoms with Gasteiger partial charge in [0.2, 0.25) is 11.8 Å². The maximum atomic E-state index is 12.6. The van der Waals surface area contributed by atoms with E-state index in [1.54, 1.807) is 0 Å². The molecule has 7 atom stereocenters. The molecular formula is C23H38N7O17P3S. The van der Waals surface area contributed by atoms with Crippen molar-refractivity contribution in [3.05, 3.63) is 12.7 Å². The van der Waals surface area contributed by atoms with E-state index >= 15 is 0 Å². The molecule has 28 heteroatoms. The number of aliphatic hydroxyl groups excluding tert-OH is 2. The van der Waals surface area contributed by atoms with Crippen LogP contribution in [0.15, 0.2) is 12.7 Å². The zero-order valence-electron chi connectivity index (χ0n) is 27.1. The Labute approximate surface area is 293 Å². The first-order valence-corrected chi connectivity index (χ1v) is 20.0. The van der Waals surface area contributed by atoms with E-state index in [0.717, 1.165) is 29.0 Å². The number of carbonyl (C=O) groups is 3. The van der Waals surface area contributed by atoms with E-state index in [4.69, 9.17) is 19.5 Å². The number of phosphoric ester groups is 3. The zero-order valence-corrected chi connectivity index (χ0v) is 30.6. The molecule has 1 saturated heterocycles. The van der Waals surface area contributed by atoms with E-state index in [0.29, 0.717) is 5.75 Å². The number of aliphatic hydroxyl groups is 2. The fourth-order valence-electron chi connectivity index (χ4n) is 4.32. The number of thioether (sulfide) groups is 1. The lowest BCUT2D eigenvalue weighted by Gasteiger charge is -2.30. The molecule has 2 aromatic heterocycles. The Morgan fingerprint density at radius 3 is 2.39 bits per heavy atom. The summed E-state index contributed by atoms with van der Waals surface area (Å²) in [5.74, 6) is -1.08. The van der Waals surface area contributed by atoms with Crippen molar-refractivity contribution in [1.82, 2.24) is 30.2 Å². The number of ether oxygens (including phenoxy) is 1. The topological polar surface area (TPSA) is 364 Å². The minimum atomic E-state index is -5.56. The van der Waals surface area contributed by atoms with Gasteiger partial charge in [0.25, 0.3) is 0 Å². The first-order chi connectivity index (χ1) is 23.5. The molecule has 0 aliphatic carbocycles. The van der Waals surface area contributed by atoms with Gasteiger partial charge in [-0.15, -0.1) is 0 Å². The van der Waals surface area contributed by atoms with E-state index in [2.05, 4.69) is 34.4 Å². The Kier molecular flexibility index (Phi) is 14.8. The molecule has 0 aromatic carbocycles. The lowest BCUT2D eigenvalue weighted by molar-refractivity contribution is -0.137. The molecule has 0 spiro atoms.